The van der Waals surface area contributed by atoms with Crippen LogP contribution in [0.4, 0.5) is 4.39 Å². The molecule has 0 spiro atoms. The molecule has 25 heavy (non-hydrogen) atoms. The number of nitrogens with one attached hydrogen (secondary N) is 2. The monoisotopic (exact) mass is 478 g/mol. The molecule has 0 saturated heterocycles. The Hall–Kier alpha value is -1.42. The van der Waals surface area contributed by atoms with Gasteiger partial charge in [0.25, 0.3) is 0 Å². The molecule has 0 saturated carbocycles. The fourth-order valence-electron chi connectivity index (χ4n) is 2.01. The van der Waals surface area contributed by atoms with Crippen LogP contribution in [-0.4, -0.2) is 30.6 Å². The summed E-state index contributed by atoms with van der Waals surface area (Å²) in [4.78, 5) is 9.79. The molecule has 0 amide bonds. The zero-order chi connectivity index (χ0) is 17.4. The van der Waals surface area contributed by atoms with E-state index < -0.39 is 0 Å². The third-order valence-corrected chi connectivity index (χ3v) is 4.44. The molecular weight excluding hydrogens is 454 g/mol. The van der Waals surface area contributed by atoms with Gasteiger partial charge in [-0.2, -0.15) is 0 Å². The van der Waals surface area contributed by atoms with E-state index in [0.717, 1.165) is 11.4 Å². The number of benzene rings is 1. The van der Waals surface area contributed by atoms with Crippen LogP contribution >= 0.6 is 35.3 Å². The van der Waals surface area contributed by atoms with Crippen molar-refractivity contribution in [1.82, 2.24) is 15.6 Å². The van der Waals surface area contributed by atoms with Crippen molar-refractivity contribution in [3.05, 3.63) is 46.2 Å². The number of ether oxygens (including phenoxy) is 1. The number of aryl methyl sites for hydroxylation is 1. The van der Waals surface area contributed by atoms with Gasteiger partial charge in [0.1, 0.15) is 11.1 Å². The van der Waals surface area contributed by atoms with E-state index in [1.807, 2.05) is 13.1 Å². The summed E-state index contributed by atoms with van der Waals surface area (Å²) >= 11 is 1.69. The van der Waals surface area contributed by atoms with Crippen molar-refractivity contribution in [2.75, 3.05) is 13.6 Å². The first kappa shape index (κ1) is 21.6. The Bertz CT molecular complexity index is 680. The molecule has 0 bridgehead atoms. The summed E-state index contributed by atoms with van der Waals surface area (Å²) in [7, 11) is 1.71. The van der Waals surface area contributed by atoms with Gasteiger partial charge in [-0.3, -0.25) is 4.99 Å². The van der Waals surface area contributed by atoms with Crippen molar-refractivity contribution in [2.24, 2.45) is 4.99 Å². The molecule has 0 radical (unpaired) electrons. The molecule has 2 rings (SSSR count). The largest absolute Gasteiger partial charge is 0.486 e. The minimum absolute atomic E-state index is 0. The average Bonchev–Trinajstić information content (AvgIpc) is 3.05. The lowest BCUT2D eigenvalue weighted by atomic mass is 10.3. The van der Waals surface area contributed by atoms with Crippen molar-refractivity contribution in [3.8, 4) is 5.75 Å². The van der Waals surface area contributed by atoms with Gasteiger partial charge in [-0.1, -0.05) is 19.1 Å². The number of para-hydroxylation sites is 1. The van der Waals surface area contributed by atoms with E-state index in [4.69, 9.17) is 4.74 Å². The first-order valence-electron chi connectivity index (χ1n) is 7.91. The summed E-state index contributed by atoms with van der Waals surface area (Å²) in [5.41, 5.74) is 0. The van der Waals surface area contributed by atoms with Gasteiger partial charge in [-0.05, 0) is 25.5 Å². The second-order valence-electron chi connectivity index (χ2n) is 5.24. The topological polar surface area (TPSA) is 58.5 Å². The highest BCUT2D eigenvalue weighted by atomic mass is 127. The lowest BCUT2D eigenvalue weighted by Gasteiger charge is -2.17. The van der Waals surface area contributed by atoms with Crippen LogP contribution in [0.1, 0.15) is 23.7 Å². The second kappa shape index (κ2) is 11.2. The second-order valence-corrected chi connectivity index (χ2v) is 6.44. The molecule has 0 aliphatic rings. The predicted molar refractivity (Wildman–Crippen MR) is 112 cm³/mol. The van der Waals surface area contributed by atoms with Crippen molar-refractivity contribution < 1.29 is 9.13 Å². The highest BCUT2D eigenvalue weighted by Crippen LogP contribution is 2.16. The van der Waals surface area contributed by atoms with Crippen molar-refractivity contribution in [1.29, 1.82) is 0 Å². The molecule has 0 aliphatic heterocycles. The third-order valence-electron chi connectivity index (χ3n) is 3.30. The van der Waals surface area contributed by atoms with Gasteiger partial charge in [0.05, 0.1) is 13.1 Å². The lowest BCUT2D eigenvalue weighted by molar-refractivity contribution is 0.214. The van der Waals surface area contributed by atoms with Crippen LogP contribution < -0.4 is 15.4 Å². The predicted octanol–water partition coefficient (Wildman–Crippen LogP) is 3.60. The SMILES string of the molecule is CCc1cnc(CNC(=NC)NCC(C)Oc2ccccc2F)s1.I. The van der Waals surface area contributed by atoms with Crippen LogP contribution in [0, 0.1) is 5.82 Å². The molecule has 138 valence electrons. The quantitative estimate of drug-likeness (QED) is 0.363. The Labute approximate surface area is 169 Å². The molecule has 1 atom stereocenters. The minimum Gasteiger partial charge on any atom is -0.486 e. The van der Waals surface area contributed by atoms with Gasteiger partial charge in [-0.15, -0.1) is 35.3 Å². The molecule has 1 aromatic carbocycles. The van der Waals surface area contributed by atoms with E-state index in [-0.39, 0.29) is 41.6 Å². The molecule has 5 nitrogen and oxygen atoms in total. The van der Waals surface area contributed by atoms with E-state index in [9.17, 15) is 4.39 Å². The fraction of sp³-hybridized carbons (Fsp3) is 0.412. The van der Waals surface area contributed by atoms with E-state index in [1.54, 1.807) is 36.6 Å². The molecule has 8 heteroatoms. The Morgan fingerprint density at radius 3 is 2.76 bits per heavy atom. The molecule has 1 aromatic heterocycles. The highest BCUT2D eigenvalue weighted by Gasteiger charge is 2.09. The normalized spacial score (nSPS) is 12.2. The summed E-state index contributed by atoms with van der Waals surface area (Å²) in [5, 5.41) is 7.40. The van der Waals surface area contributed by atoms with Crippen LogP contribution in [0.5, 0.6) is 5.75 Å². The Kier molecular flexibility index (Phi) is 9.73. The number of aliphatic imine (C=N–C) groups is 1. The number of thiazole rings is 1. The Morgan fingerprint density at radius 2 is 2.12 bits per heavy atom. The summed E-state index contributed by atoms with van der Waals surface area (Å²) < 4.78 is 19.2. The smallest absolute Gasteiger partial charge is 0.191 e. The van der Waals surface area contributed by atoms with Gasteiger partial charge in [0.15, 0.2) is 17.5 Å². The number of hydrogen-bond acceptors (Lipinski definition) is 4. The van der Waals surface area contributed by atoms with Crippen LogP contribution in [0.25, 0.3) is 0 Å². The van der Waals surface area contributed by atoms with Gasteiger partial charge in [0, 0.05) is 18.1 Å². The van der Waals surface area contributed by atoms with E-state index in [2.05, 4.69) is 27.5 Å². The third kappa shape index (κ3) is 7.15. The van der Waals surface area contributed by atoms with Gasteiger partial charge >= 0.3 is 0 Å². The summed E-state index contributed by atoms with van der Waals surface area (Å²) in [6.45, 7) is 5.11. The number of nitrogens with zero attached hydrogens (tertiary/aromatic N) is 2. The molecule has 1 unspecified atom stereocenters. The Morgan fingerprint density at radius 1 is 1.36 bits per heavy atom. The maximum atomic E-state index is 13.6. The zero-order valence-electron chi connectivity index (χ0n) is 14.6. The maximum Gasteiger partial charge on any atom is 0.191 e. The summed E-state index contributed by atoms with van der Waals surface area (Å²) in [6.07, 6.45) is 2.70. The lowest BCUT2D eigenvalue weighted by Crippen LogP contribution is -2.41. The molecule has 0 aliphatic carbocycles. The van der Waals surface area contributed by atoms with Gasteiger partial charge < -0.3 is 15.4 Å². The van der Waals surface area contributed by atoms with E-state index in [1.165, 1.54) is 10.9 Å². The first-order chi connectivity index (χ1) is 11.6. The van der Waals surface area contributed by atoms with Crippen LogP contribution in [0.2, 0.25) is 0 Å². The summed E-state index contributed by atoms with van der Waals surface area (Å²) in [5.74, 6) is 0.555. The fourth-order valence-corrected chi connectivity index (χ4v) is 2.81. The highest BCUT2D eigenvalue weighted by molar-refractivity contribution is 14.0. The van der Waals surface area contributed by atoms with Crippen LogP contribution in [-0.2, 0) is 13.0 Å². The van der Waals surface area contributed by atoms with Crippen LogP contribution in [0.3, 0.4) is 0 Å². The number of aromatic nitrogens is 1. The van der Waals surface area contributed by atoms with Gasteiger partial charge in [-0.25, -0.2) is 9.37 Å². The first-order valence-corrected chi connectivity index (χ1v) is 8.73. The Balaban J connectivity index is 0.00000312. The number of guanidine groups is 1. The summed E-state index contributed by atoms with van der Waals surface area (Å²) in [6, 6.07) is 6.39. The number of rotatable bonds is 7. The van der Waals surface area contributed by atoms with Crippen molar-refractivity contribution in [3.63, 3.8) is 0 Å². The van der Waals surface area contributed by atoms with Crippen molar-refractivity contribution >= 4 is 41.3 Å². The van der Waals surface area contributed by atoms with E-state index in [0.29, 0.717) is 19.0 Å². The minimum atomic E-state index is -0.359. The number of hydrogen-bond donors (Lipinski definition) is 2. The molecule has 0 fully saturated rings. The molecule has 1 heterocycles. The molecule has 2 N–H and O–H groups in total. The maximum absolute atomic E-state index is 13.6. The zero-order valence-corrected chi connectivity index (χ0v) is 17.7. The molecule has 2 aromatic rings. The standard InChI is InChI=1S/C17H23FN4OS.HI/c1-4-13-10-20-16(24-13)11-22-17(19-3)21-9-12(2)23-15-8-6-5-7-14(15)18;/h5-8,10,12H,4,9,11H2,1-3H3,(H2,19,21,22);1H. The van der Waals surface area contributed by atoms with Crippen molar-refractivity contribution in [2.45, 2.75) is 32.9 Å². The van der Waals surface area contributed by atoms with Crippen LogP contribution in [0.15, 0.2) is 35.5 Å². The van der Waals surface area contributed by atoms with E-state index >= 15 is 0 Å². The number of halogens is 2. The average molecular weight is 478 g/mol. The molecular formula is C17H24FIN4OS. The van der Waals surface area contributed by atoms with Gasteiger partial charge in [0.2, 0.25) is 0 Å².